The first kappa shape index (κ1) is 15.6. The molecule has 1 atom stereocenters. The predicted octanol–water partition coefficient (Wildman–Crippen LogP) is 4.65. The van der Waals surface area contributed by atoms with E-state index in [4.69, 9.17) is 16.3 Å². The van der Waals surface area contributed by atoms with Gasteiger partial charge in [-0.2, -0.15) is 0 Å². The van der Waals surface area contributed by atoms with E-state index < -0.39 is 0 Å². The lowest BCUT2D eigenvalue weighted by Crippen LogP contribution is -2.22. The molecule has 4 heteroatoms. The van der Waals surface area contributed by atoms with Crippen molar-refractivity contribution in [2.24, 2.45) is 0 Å². The summed E-state index contributed by atoms with van der Waals surface area (Å²) in [6, 6.07) is 14.4. The normalized spacial score (nSPS) is 12.2. The number of methoxy groups -OCH3 is 1. The molecule has 0 aromatic heterocycles. The minimum absolute atomic E-state index is 0.115. The molecule has 20 heavy (non-hydrogen) atoms. The van der Waals surface area contributed by atoms with Crippen molar-refractivity contribution < 1.29 is 4.74 Å². The summed E-state index contributed by atoms with van der Waals surface area (Å²) < 4.78 is 6.37. The fraction of sp³-hybridized carbons (Fsp3) is 0.250. The SMILES string of the molecule is CCNC(c1cccc(OC)c1)c1ccc(I)c(Cl)c1. The van der Waals surface area contributed by atoms with Crippen molar-refractivity contribution in [3.8, 4) is 5.75 Å². The van der Waals surface area contributed by atoms with E-state index in [0.717, 1.165) is 26.5 Å². The van der Waals surface area contributed by atoms with Crippen LogP contribution in [0.5, 0.6) is 5.75 Å². The molecule has 0 fully saturated rings. The van der Waals surface area contributed by atoms with Gasteiger partial charge in [0.05, 0.1) is 18.2 Å². The minimum atomic E-state index is 0.115. The highest BCUT2D eigenvalue weighted by Crippen LogP contribution is 2.28. The van der Waals surface area contributed by atoms with E-state index in [2.05, 4.69) is 53.0 Å². The molecule has 0 heterocycles. The van der Waals surface area contributed by atoms with Crippen LogP contribution >= 0.6 is 34.2 Å². The van der Waals surface area contributed by atoms with E-state index >= 15 is 0 Å². The molecule has 2 nitrogen and oxygen atoms in total. The van der Waals surface area contributed by atoms with Gasteiger partial charge in [-0.15, -0.1) is 0 Å². The molecular formula is C16H17ClINO. The van der Waals surface area contributed by atoms with Crippen LogP contribution in [0.15, 0.2) is 42.5 Å². The summed E-state index contributed by atoms with van der Waals surface area (Å²) in [7, 11) is 1.68. The zero-order chi connectivity index (χ0) is 14.5. The van der Waals surface area contributed by atoms with E-state index in [9.17, 15) is 0 Å². The van der Waals surface area contributed by atoms with Crippen molar-refractivity contribution in [3.05, 3.63) is 62.2 Å². The summed E-state index contributed by atoms with van der Waals surface area (Å²) in [5, 5.41) is 4.28. The lowest BCUT2D eigenvalue weighted by Gasteiger charge is -2.20. The van der Waals surface area contributed by atoms with Crippen LogP contribution in [0, 0.1) is 3.57 Å². The van der Waals surface area contributed by atoms with E-state index in [1.165, 1.54) is 5.56 Å². The maximum absolute atomic E-state index is 6.24. The Kier molecular flexibility index (Phi) is 5.69. The topological polar surface area (TPSA) is 21.3 Å². The van der Waals surface area contributed by atoms with Crippen molar-refractivity contribution >= 4 is 34.2 Å². The van der Waals surface area contributed by atoms with Crippen molar-refractivity contribution in [3.63, 3.8) is 0 Å². The second kappa shape index (κ2) is 7.29. The van der Waals surface area contributed by atoms with Gasteiger partial charge in [-0.05, 0) is 64.5 Å². The molecule has 0 aliphatic rings. The van der Waals surface area contributed by atoms with Gasteiger partial charge in [0.2, 0.25) is 0 Å². The average Bonchev–Trinajstić information content (AvgIpc) is 2.48. The Balaban J connectivity index is 2.41. The number of benzene rings is 2. The van der Waals surface area contributed by atoms with Gasteiger partial charge in [-0.3, -0.25) is 0 Å². The predicted molar refractivity (Wildman–Crippen MR) is 92.7 cm³/mol. The Morgan fingerprint density at radius 2 is 1.95 bits per heavy atom. The summed E-state index contributed by atoms with van der Waals surface area (Å²) in [6.45, 7) is 2.98. The quantitative estimate of drug-likeness (QED) is 0.736. The third-order valence-corrected chi connectivity index (χ3v) is 4.68. The molecule has 0 amide bonds. The zero-order valence-corrected chi connectivity index (χ0v) is 14.4. The van der Waals surface area contributed by atoms with E-state index in [0.29, 0.717) is 0 Å². The van der Waals surface area contributed by atoms with Crippen molar-refractivity contribution in [2.45, 2.75) is 13.0 Å². The molecule has 0 bridgehead atoms. The van der Waals surface area contributed by atoms with Crippen LogP contribution in [0.4, 0.5) is 0 Å². The number of nitrogens with one attached hydrogen (secondary N) is 1. The maximum Gasteiger partial charge on any atom is 0.119 e. The van der Waals surface area contributed by atoms with E-state index in [1.807, 2.05) is 24.3 Å². The largest absolute Gasteiger partial charge is 0.497 e. The number of hydrogen-bond donors (Lipinski definition) is 1. The summed E-state index contributed by atoms with van der Waals surface area (Å²) in [4.78, 5) is 0. The van der Waals surface area contributed by atoms with Gasteiger partial charge in [-0.1, -0.05) is 36.7 Å². The molecule has 106 valence electrons. The lowest BCUT2D eigenvalue weighted by atomic mass is 9.98. The van der Waals surface area contributed by atoms with E-state index in [-0.39, 0.29) is 6.04 Å². The Bertz CT molecular complexity index is 588. The summed E-state index contributed by atoms with van der Waals surface area (Å²) >= 11 is 8.48. The molecule has 0 aliphatic heterocycles. The standard InChI is InChI=1S/C16H17ClINO/c1-3-19-16(11-5-4-6-13(9-11)20-2)12-7-8-15(18)14(17)10-12/h4-10,16,19H,3H2,1-2H3. The molecule has 0 saturated heterocycles. The number of hydrogen-bond acceptors (Lipinski definition) is 2. The second-order valence-electron chi connectivity index (χ2n) is 4.44. The third-order valence-electron chi connectivity index (χ3n) is 3.11. The van der Waals surface area contributed by atoms with Gasteiger partial charge in [0.25, 0.3) is 0 Å². The van der Waals surface area contributed by atoms with Crippen LogP contribution in [0.2, 0.25) is 5.02 Å². The average molecular weight is 402 g/mol. The van der Waals surface area contributed by atoms with Crippen LogP contribution in [0.1, 0.15) is 24.1 Å². The molecule has 0 spiro atoms. The van der Waals surface area contributed by atoms with Gasteiger partial charge in [0, 0.05) is 3.57 Å². The minimum Gasteiger partial charge on any atom is -0.497 e. The first-order chi connectivity index (χ1) is 9.65. The first-order valence-electron chi connectivity index (χ1n) is 6.48. The highest BCUT2D eigenvalue weighted by Gasteiger charge is 2.14. The van der Waals surface area contributed by atoms with Crippen LogP contribution in [0.3, 0.4) is 0 Å². The molecule has 2 aromatic rings. The van der Waals surface area contributed by atoms with Gasteiger partial charge in [0.1, 0.15) is 5.75 Å². The number of ether oxygens (including phenoxy) is 1. The van der Waals surface area contributed by atoms with Gasteiger partial charge in [0.15, 0.2) is 0 Å². The number of rotatable bonds is 5. The molecule has 1 N–H and O–H groups in total. The molecule has 0 radical (unpaired) electrons. The van der Waals surface area contributed by atoms with Crippen molar-refractivity contribution in [1.82, 2.24) is 5.32 Å². The summed E-state index contributed by atoms with van der Waals surface area (Å²) in [5.74, 6) is 0.863. The van der Waals surface area contributed by atoms with E-state index in [1.54, 1.807) is 7.11 Å². The maximum atomic E-state index is 6.24. The molecule has 2 rings (SSSR count). The summed E-state index contributed by atoms with van der Waals surface area (Å²) in [5.41, 5.74) is 2.33. The highest BCUT2D eigenvalue weighted by atomic mass is 127. The molecule has 0 aliphatic carbocycles. The first-order valence-corrected chi connectivity index (χ1v) is 7.93. The fourth-order valence-corrected chi connectivity index (χ4v) is 2.67. The van der Waals surface area contributed by atoms with Crippen LogP contribution < -0.4 is 10.1 Å². The highest BCUT2D eigenvalue weighted by molar-refractivity contribution is 14.1. The Hall–Kier alpha value is -0.780. The fourth-order valence-electron chi connectivity index (χ4n) is 2.15. The Labute approximate surface area is 138 Å². The Morgan fingerprint density at radius 1 is 1.20 bits per heavy atom. The zero-order valence-electron chi connectivity index (χ0n) is 11.5. The van der Waals surface area contributed by atoms with Crippen molar-refractivity contribution in [2.75, 3.05) is 13.7 Å². The molecule has 1 unspecified atom stereocenters. The van der Waals surface area contributed by atoms with Gasteiger partial charge >= 0.3 is 0 Å². The van der Waals surface area contributed by atoms with Crippen molar-refractivity contribution in [1.29, 1.82) is 0 Å². The van der Waals surface area contributed by atoms with Gasteiger partial charge in [-0.25, -0.2) is 0 Å². The number of halogens is 2. The van der Waals surface area contributed by atoms with Gasteiger partial charge < -0.3 is 10.1 Å². The lowest BCUT2D eigenvalue weighted by molar-refractivity contribution is 0.413. The molecular weight excluding hydrogens is 385 g/mol. The monoisotopic (exact) mass is 401 g/mol. The second-order valence-corrected chi connectivity index (χ2v) is 6.01. The summed E-state index contributed by atoms with van der Waals surface area (Å²) in [6.07, 6.45) is 0. The Morgan fingerprint density at radius 3 is 2.60 bits per heavy atom. The molecule has 0 saturated carbocycles. The smallest absolute Gasteiger partial charge is 0.119 e. The van der Waals surface area contributed by atoms with Crippen LogP contribution in [0.25, 0.3) is 0 Å². The molecule has 2 aromatic carbocycles. The third kappa shape index (κ3) is 3.65. The van der Waals surface area contributed by atoms with Crippen LogP contribution in [-0.2, 0) is 0 Å². The van der Waals surface area contributed by atoms with Crippen LogP contribution in [-0.4, -0.2) is 13.7 Å².